The second-order valence-corrected chi connectivity index (χ2v) is 4.56. The van der Waals surface area contributed by atoms with E-state index in [-0.39, 0.29) is 11.3 Å². The standard InChI is InChI=1S/C11H22N2O2/c1-11(5-6-12-9-11)10(14)13(2)7-4-8-15-3/h12H,4-9H2,1-3H3. The summed E-state index contributed by atoms with van der Waals surface area (Å²) in [5.41, 5.74) is -0.193. The second-order valence-electron chi connectivity index (χ2n) is 4.56. The largest absolute Gasteiger partial charge is 0.385 e. The fourth-order valence-corrected chi connectivity index (χ4v) is 2.01. The molecule has 0 saturated carbocycles. The minimum atomic E-state index is -0.193. The molecular weight excluding hydrogens is 192 g/mol. The lowest BCUT2D eigenvalue weighted by atomic mass is 9.88. The average Bonchev–Trinajstić information content (AvgIpc) is 2.65. The van der Waals surface area contributed by atoms with Crippen molar-refractivity contribution in [3.63, 3.8) is 0 Å². The number of nitrogens with one attached hydrogen (secondary N) is 1. The van der Waals surface area contributed by atoms with E-state index in [1.165, 1.54) is 0 Å². The summed E-state index contributed by atoms with van der Waals surface area (Å²) in [5.74, 6) is 0.253. The number of rotatable bonds is 5. The Kier molecular flexibility index (Phi) is 4.54. The van der Waals surface area contributed by atoms with Crippen LogP contribution in [0.2, 0.25) is 0 Å². The van der Waals surface area contributed by atoms with Crippen LogP contribution in [0.4, 0.5) is 0 Å². The van der Waals surface area contributed by atoms with Crippen LogP contribution in [0.15, 0.2) is 0 Å². The highest BCUT2D eigenvalue weighted by atomic mass is 16.5. The topological polar surface area (TPSA) is 41.6 Å². The molecule has 88 valence electrons. The van der Waals surface area contributed by atoms with E-state index in [0.29, 0.717) is 6.61 Å². The number of ether oxygens (including phenoxy) is 1. The van der Waals surface area contributed by atoms with Crippen LogP contribution in [0.3, 0.4) is 0 Å². The maximum Gasteiger partial charge on any atom is 0.229 e. The molecule has 4 heteroatoms. The zero-order valence-corrected chi connectivity index (χ0v) is 10.0. The van der Waals surface area contributed by atoms with Gasteiger partial charge in [0, 0.05) is 33.9 Å². The Bertz CT molecular complexity index is 213. The molecule has 1 N–H and O–H groups in total. The van der Waals surface area contributed by atoms with Gasteiger partial charge in [-0.3, -0.25) is 4.79 Å². The number of amides is 1. The summed E-state index contributed by atoms with van der Waals surface area (Å²) in [7, 11) is 3.56. The maximum absolute atomic E-state index is 12.1. The Morgan fingerprint density at radius 2 is 2.33 bits per heavy atom. The lowest BCUT2D eigenvalue weighted by molar-refractivity contribution is -0.139. The van der Waals surface area contributed by atoms with Gasteiger partial charge >= 0.3 is 0 Å². The van der Waals surface area contributed by atoms with Crippen LogP contribution in [0.1, 0.15) is 19.8 Å². The summed E-state index contributed by atoms with van der Waals surface area (Å²) in [5, 5.41) is 3.24. The van der Waals surface area contributed by atoms with E-state index >= 15 is 0 Å². The van der Waals surface area contributed by atoms with Gasteiger partial charge in [-0.25, -0.2) is 0 Å². The Hall–Kier alpha value is -0.610. The van der Waals surface area contributed by atoms with Crippen molar-refractivity contribution in [1.82, 2.24) is 10.2 Å². The van der Waals surface area contributed by atoms with Gasteiger partial charge in [0.1, 0.15) is 0 Å². The van der Waals surface area contributed by atoms with Crippen LogP contribution in [0.25, 0.3) is 0 Å². The molecule has 1 aliphatic heterocycles. The molecule has 0 spiro atoms. The second kappa shape index (κ2) is 5.47. The molecule has 0 aromatic heterocycles. The number of nitrogens with zero attached hydrogens (tertiary/aromatic N) is 1. The van der Waals surface area contributed by atoms with Gasteiger partial charge in [0.15, 0.2) is 0 Å². The number of carbonyl (C=O) groups excluding carboxylic acids is 1. The fraction of sp³-hybridized carbons (Fsp3) is 0.909. The van der Waals surface area contributed by atoms with Gasteiger partial charge in [0.25, 0.3) is 0 Å². The summed E-state index contributed by atoms with van der Waals surface area (Å²) < 4.78 is 4.97. The molecule has 0 aliphatic carbocycles. The lowest BCUT2D eigenvalue weighted by Gasteiger charge is -2.28. The molecule has 1 atom stereocenters. The predicted molar refractivity (Wildman–Crippen MR) is 59.7 cm³/mol. The minimum absolute atomic E-state index is 0.193. The van der Waals surface area contributed by atoms with Gasteiger partial charge in [0.2, 0.25) is 5.91 Å². The van der Waals surface area contributed by atoms with E-state index in [9.17, 15) is 4.79 Å². The van der Waals surface area contributed by atoms with Gasteiger partial charge in [-0.2, -0.15) is 0 Å². The fourth-order valence-electron chi connectivity index (χ4n) is 2.01. The first-order valence-corrected chi connectivity index (χ1v) is 5.55. The number of hydrogen-bond donors (Lipinski definition) is 1. The Morgan fingerprint density at radius 1 is 1.60 bits per heavy atom. The van der Waals surface area contributed by atoms with Crippen LogP contribution in [-0.4, -0.2) is 51.2 Å². The summed E-state index contributed by atoms with van der Waals surface area (Å²) in [6, 6.07) is 0. The molecule has 4 nitrogen and oxygen atoms in total. The number of carbonyl (C=O) groups is 1. The van der Waals surface area contributed by atoms with Crippen LogP contribution >= 0.6 is 0 Å². The highest BCUT2D eigenvalue weighted by Gasteiger charge is 2.37. The van der Waals surface area contributed by atoms with Crippen LogP contribution < -0.4 is 5.32 Å². The molecule has 1 unspecified atom stereocenters. The van der Waals surface area contributed by atoms with Gasteiger partial charge in [-0.05, 0) is 26.3 Å². The molecule has 1 fully saturated rings. The average molecular weight is 214 g/mol. The maximum atomic E-state index is 12.1. The number of hydrogen-bond acceptors (Lipinski definition) is 3. The van der Waals surface area contributed by atoms with Crippen molar-refractivity contribution in [2.45, 2.75) is 19.8 Å². The molecule has 1 rings (SSSR count). The highest BCUT2D eigenvalue weighted by Crippen LogP contribution is 2.26. The van der Waals surface area contributed by atoms with E-state index in [4.69, 9.17) is 4.74 Å². The van der Waals surface area contributed by atoms with E-state index < -0.39 is 0 Å². The quantitative estimate of drug-likeness (QED) is 0.677. The Labute approximate surface area is 92.0 Å². The predicted octanol–water partition coefficient (Wildman–Crippen LogP) is 0.481. The summed E-state index contributed by atoms with van der Waals surface area (Å²) in [4.78, 5) is 13.9. The monoisotopic (exact) mass is 214 g/mol. The van der Waals surface area contributed by atoms with Crippen molar-refractivity contribution >= 4 is 5.91 Å². The molecule has 0 aromatic rings. The van der Waals surface area contributed by atoms with E-state index in [2.05, 4.69) is 5.32 Å². The van der Waals surface area contributed by atoms with Gasteiger partial charge in [-0.1, -0.05) is 0 Å². The van der Waals surface area contributed by atoms with Crippen molar-refractivity contribution in [1.29, 1.82) is 0 Å². The first-order valence-electron chi connectivity index (χ1n) is 5.55. The molecule has 0 radical (unpaired) electrons. The Morgan fingerprint density at radius 3 is 2.87 bits per heavy atom. The smallest absolute Gasteiger partial charge is 0.229 e. The summed E-state index contributed by atoms with van der Waals surface area (Å²) in [6.07, 6.45) is 1.85. The molecule has 15 heavy (non-hydrogen) atoms. The van der Waals surface area contributed by atoms with Crippen molar-refractivity contribution in [3.05, 3.63) is 0 Å². The minimum Gasteiger partial charge on any atom is -0.385 e. The molecule has 1 amide bonds. The molecule has 0 aromatic carbocycles. The summed E-state index contributed by atoms with van der Waals surface area (Å²) in [6.45, 7) is 5.30. The van der Waals surface area contributed by atoms with E-state index in [1.807, 2.05) is 18.9 Å². The van der Waals surface area contributed by atoms with Gasteiger partial charge < -0.3 is 15.0 Å². The molecule has 1 heterocycles. The highest BCUT2D eigenvalue weighted by molar-refractivity contribution is 5.82. The molecule has 1 saturated heterocycles. The third kappa shape index (κ3) is 3.18. The first kappa shape index (κ1) is 12.5. The van der Waals surface area contributed by atoms with Crippen LogP contribution in [0, 0.1) is 5.41 Å². The SMILES string of the molecule is COCCCN(C)C(=O)C1(C)CCNC1. The first-order chi connectivity index (χ1) is 7.10. The third-order valence-electron chi connectivity index (χ3n) is 3.07. The molecule has 0 bridgehead atoms. The zero-order valence-electron chi connectivity index (χ0n) is 10.0. The molecular formula is C11H22N2O2. The summed E-state index contributed by atoms with van der Waals surface area (Å²) >= 11 is 0. The third-order valence-corrected chi connectivity index (χ3v) is 3.07. The van der Waals surface area contributed by atoms with Crippen molar-refractivity contribution in [2.24, 2.45) is 5.41 Å². The van der Waals surface area contributed by atoms with Crippen molar-refractivity contribution < 1.29 is 9.53 Å². The van der Waals surface area contributed by atoms with Gasteiger partial charge in [0.05, 0.1) is 5.41 Å². The molecule has 1 aliphatic rings. The van der Waals surface area contributed by atoms with Crippen molar-refractivity contribution in [2.75, 3.05) is 40.4 Å². The lowest BCUT2D eigenvalue weighted by Crippen LogP contribution is -2.42. The normalized spacial score (nSPS) is 25.5. The van der Waals surface area contributed by atoms with E-state index in [1.54, 1.807) is 7.11 Å². The zero-order chi connectivity index (χ0) is 11.3. The van der Waals surface area contributed by atoms with Crippen LogP contribution in [0.5, 0.6) is 0 Å². The Balaban J connectivity index is 2.38. The number of methoxy groups -OCH3 is 1. The van der Waals surface area contributed by atoms with Gasteiger partial charge in [-0.15, -0.1) is 0 Å². The van der Waals surface area contributed by atoms with Crippen LogP contribution in [-0.2, 0) is 9.53 Å². The van der Waals surface area contributed by atoms with E-state index in [0.717, 1.165) is 32.5 Å². The van der Waals surface area contributed by atoms with Crippen molar-refractivity contribution in [3.8, 4) is 0 Å².